The summed E-state index contributed by atoms with van der Waals surface area (Å²) in [5.41, 5.74) is 0.418. The molecule has 0 N–H and O–H groups in total. The van der Waals surface area contributed by atoms with Crippen LogP contribution in [0.3, 0.4) is 0 Å². The number of rotatable bonds is 3. The molecule has 1 aromatic carbocycles. The molecule has 7 heteroatoms. The van der Waals surface area contributed by atoms with Gasteiger partial charge >= 0.3 is 0 Å². The minimum atomic E-state index is -0.667. The van der Waals surface area contributed by atoms with Crippen LogP contribution < -0.4 is 4.74 Å². The van der Waals surface area contributed by atoms with Crippen molar-refractivity contribution in [2.75, 3.05) is 6.54 Å². The maximum atomic E-state index is 12.6. The van der Waals surface area contributed by atoms with E-state index in [1.54, 1.807) is 36.1 Å². The van der Waals surface area contributed by atoms with Gasteiger partial charge in [0.25, 0.3) is 5.91 Å². The molecule has 7 nitrogen and oxygen atoms in total. The first kappa shape index (κ1) is 15.0. The summed E-state index contributed by atoms with van der Waals surface area (Å²) >= 11 is 0. The Balaban J connectivity index is 1.70. The lowest BCUT2D eigenvalue weighted by atomic mass is 10.2. The Kier molecular flexibility index (Phi) is 3.98. The first-order valence-corrected chi connectivity index (χ1v) is 7.43. The van der Waals surface area contributed by atoms with Gasteiger partial charge in [-0.3, -0.25) is 4.79 Å². The Morgan fingerprint density at radius 1 is 1.35 bits per heavy atom. The van der Waals surface area contributed by atoms with Crippen molar-refractivity contribution < 1.29 is 9.53 Å². The van der Waals surface area contributed by atoms with Gasteiger partial charge in [-0.1, -0.05) is 12.1 Å². The Morgan fingerprint density at radius 2 is 2.13 bits per heavy atom. The van der Waals surface area contributed by atoms with Crippen LogP contribution in [0.5, 0.6) is 5.75 Å². The van der Waals surface area contributed by atoms with Crippen LogP contribution in [0.25, 0.3) is 0 Å². The van der Waals surface area contributed by atoms with E-state index in [0.717, 1.165) is 11.6 Å². The van der Waals surface area contributed by atoms with Crippen molar-refractivity contribution in [3.63, 3.8) is 0 Å². The zero-order valence-electron chi connectivity index (χ0n) is 13.1. The number of carbonyl (C=O) groups is 1. The average Bonchev–Trinajstić information content (AvgIpc) is 2.95. The van der Waals surface area contributed by atoms with E-state index in [1.165, 1.54) is 0 Å². The topological polar surface area (TPSA) is 84.0 Å². The summed E-state index contributed by atoms with van der Waals surface area (Å²) < 4.78 is 7.70. The van der Waals surface area contributed by atoms with Crippen molar-refractivity contribution in [2.24, 2.45) is 0 Å². The third-order valence-electron chi connectivity index (χ3n) is 3.91. The van der Waals surface area contributed by atoms with Crippen molar-refractivity contribution in [1.82, 2.24) is 19.7 Å². The second-order valence-corrected chi connectivity index (χ2v) is 5.44. The molecule has 118 valence electrons. The molecule has 23 heavy (non-hydrogen) atoms. The molecule has 1 atom stereocenters. The summed E-state index contributed by atoms with van der Waals surface area (Å²) in [6, 6.07) is 8.96. The molecule has 1 aromatic heterocycles. The number of aryl methyl sites for hydroxylation is 1. The SMILES string of the molecule is Cc1nnc2n1CCN(C(=O)[C@H](C)Oc1ccccc1C#N)C2. The normalized spacial score (nSPS) is 14.7. The predicted molar refractivity (Wildman–Crippen MR) is 81.4 cm³/mol. The fourth-order valence-corrected chi connectivity index (χ4v) is 2.65. The van der Waals surface area contributed by atoms with Gasteiger partial charge in [0, 0.05) is 13.1 Å². The lowest BCUT2D eigenvalue weighted by molar-refractivity contribution is -0.139. The van der Waals surface area contributed by atoms with Gasteiger partial charge in [-0.2, -0.15) is 5.26 Å². The molecule has 1 amide bonds. The second-order valence-electron chi connectivity index (χ2n) is 5.44. The van der Waals surface area contributed by atoms with Crippen molar-refractivity contribution in [3.8, 4) is 11.8 Å². The molecule has 0 unspecified atom stereocenters. The number of ether oxygens (including phenoxy) is 1. The van der Waals surface area contributed by atoms with Crippen molar-refractivity contribution in [1.29, 1.82) is 5.26 Å². The number of nitriles is 1. The standard InChI is InChI=1S/C16H17N5O2/c1-11(23-14-6-4-3-5-13(14)9-17)16(22)20-7-8-21-12(2)18-19-15(21)10-20/h3-6,11H,7-8,10H2,1-2H3/t11-/m0/s1. The molecule has 0 radical (unpaired) electrons. The summed E-state index contributed by atoms with van der Waals surface area (Å²) in [7, 11) is 0. The number of para-hydroxylation sites is 1. The van der Waals surface area contributed by atoms with Gasteiger partial charge in [-0.15, -0.1) is 10.2 Å². The maximum Gasteiger partial charge on any atom is 0.263 e. The van der Waals surface area contributed by atoms with E-state index in [0.29, 0.717) is 30.9 Å². The minimum Gasteiger partial charge on any atom is -0.480 e. The number of hydrogen-bond acceptors (Lipinski definition) is 5. The number of hydrogen-bond donors (Lipinski definition) is 0. The van der Waals surface area contributed by atoms with Crippen LogP contribution in [-0.4, -0.2) is 38.2 Å². The quantitative estimate of drug-likeness (QED) is 0.852. The molecule has 0 bridgehead atoms. The van der Waals surface area contributed by atoms with E-state index in [2.05, 4.69) is 16.3 Å². The first-order chi connectivity index (χ1) is 11.1. The van der Waals surface area contributed by atoms with Crippen LogP contribution in [0.2, 0.25) is 0 Å². The molecule has 2 heterocycles. The van der Waals surface area contributed by atoms with Crippen LogP contribution in [0.15, 0.2) is 24.3 Å². The minimum absolute atomic E-state index is 0.121. The highest BCUT2D eigenvalue weighted by atomic mass is 16.5. The summed E-state index contributed by atoms with van der Waals surface area (Å²) in [5, 5.41) is 17.2. The van der Waals surface area contributed by atoms with E-state index >= 15 is 0 Å². The Labute approximate surface area is 134 Å². The number of fused-ring (bicyclic) bond motifs is 1. The second kappa shape index (κ2) is 6.08. The predicted octanol–water partition coefficient (Wildman–Crippen LogP) is 1.27. The molecule has 0 aliphatic carbocycles. The largest absolute Gasteiger partial charge is 0.480 e. The van der Waals surface area contributed by atoms with Gasteiger partial charge in [0.15, 0.2) is 11.9 Å². The van der Waals surface area contributed by atoms with Gasteiger partial charge in [0.05, 0.1) is 12.1 Å². The first-order valence-electron chi connectivity index (χ1n) is 7.43. The monoisotopic (exact) mass is 311 g/mol. The van der Waals surface area contributed by atoms with Crippen molar-refractivity contribution in [3.05, 3.63) is 41.5 Å². The number of aromatic nitrogens is 3. The third-order valence-corrected chi connectivity index (χ3v) is 3.91. The lowest BCUT2D eigenvalue weighted by Gasteiger charge is -2.29. The molecule has 0 fully saturated rings. The van der Waals surface area contributed by atoms with Crippen LogP contribution in [0, 0.1) is 18.3 Å². The smallest absolute Gasteiger partial charge is 0.263 e. The molecule has 3 rings (SSSR count). The van der Waals surface area contributed by atoms with E-state index in [1.807, 2.05) is 11.5 Å². The van der Waals surface area contributed by atoms with Crippen molar-refractivity contribution >= 4 is 5.91 Å². The van der Waals surface area contributed by atoms with Crippen LogP contribution in [0.4, 0.5) is 0 Å². The average molecular weight is 311 g/mol. The molecule has 2 aromatic rings. The number of benzene rings is 1. The fraction of sp³-hybridized carbons (Fsp3) is 0.375. The van der Waals surface area contributed by atoms with Gasteiger partial charge in [-0.05, 0) is 26.0 Å². The van der Waals surface area contributed by atoms with Crippen LogP contribution >= 0.6 is 0 Å². The van der Waals surface area contributed by atoms with E-state index in [9.17, 15) is 4.79 Å². The Morgan fingerprint density at radius 3 is 2.91 bits per heavy atom. The van der Waals surface area contributed by atoms with E-state index in [4.69, 9.17) is 10.00 Å². The molecule has 1 aliphatic heterocycles. The zero-order chi connectivity index (χ0) is 16.4. The maximum absolute atomic E-state index is 12.6. The van der Waals surface area contributed by atoms with E-state index in [-0.39, 0.29) is 5.91 Å². The molecule has 0 saturated carbocycles. The van der Waals surface area contributed by atoms with Gasteiger partial charge < -0.3 is 14.2 Å². The fourth-order valence-electron chi connectivity index (χ4n) is 2.65. The summed E-state index contributed by atoms with van der Waals surface area (Å²) in [4.78, 5) is 14.3. The van der Waals surface area contributed by atoms with Crippen LogP contribution in [-0.2, 0) is 17.9 Å². The molecular weight excluding hydrogens is 294 g/mol. The Bertz CT molecular complexity index is 777. The lowest BCUT2D eigenvalue weighted by Crippen LogP contribution is -2.44. The molecule has 0 saturated heterocycles. The molecule has 1 aliphatic rings. The van der Waals surface area contributed by atoms with Crippen molar-refractivity contribution in [2.45, 2.75) is 33.0 Å². The van der Waals surface area contributed by atoms with Gasteiger partial charge in [0.1, 0.15) is 17.6 Å². The Hall–Kier alpha value is -2.88. The zero-order valence-corrected chi connectivity index (χ0v) is 13.1. The third kappa shape index (κ3) is 2.88. The highest BCUT2D eigenvalue weighted by molar-refractivity contribution is 5.81. The summed E-state index contributed by atoms with van der Waals surface area (Å²) in [6.07, 6.45) is -0.667. The van der Waals surface area contributed by atoms with Crippen LogP contribution in [0.1, 0.15) is 24.1 Å². The highest BCUT2D eigenvalue weighted by Gasteiger charge is 2.28. The summed E-state index contributed by atoms with van der Waals surface area (Å²) in [5.74, 6) is 1.95. The van der Waals surface area contributed by atoms with E-state index < -0.39 is 6.10 Å². The molecule has 0 spiro atoms. The molecular formula is C16H17N5O2. The number of amides is 1. The number of nitrogens with zero attached hydrogens (tertiary/aromatic N) is 5. The summed E-state index contributed by atoms with van der Waals surface area (Å²) in [6.45, 7) is 5.30. The number of carbonyl (C=O) groups excluding carboxylic acids is 1. The highest BCUT2D eigenvalue weighted by Crippen LogP contribution is 2.20. The van der Waals surface area contributed by atoms with Gasteiger partial charge in [-0.25, -0.2) is 0 Å². The van der Waals surface area contributed by atoms with Gasteiger partial charge in [0.2, 0.25) is 0 Å².